The normalized spacial score (nSPS) is 31.7. The number of sulfonamides is 1. The fraction of sp³-hybridized carbons (Fsp3) is 0.833. The molecule has 0 aromatic heterocycles. The van der Waals surface area contributed by atoms with Crippen molar-refractivity contribution in [3.63, 3.8) is 0 Å². The molecular formula is C12H20N2O5S. The maximum atomic E-state index is 12.3. The van der Waals surface area contributed by atoms with Gasteiger partial charge in [0.05, 0.1) is 18.1 Å². The lowest BCUT2D eigenvalue weighted by Gasteiger charge is -2.42. The van der Waals surface area contributed by atoms with E-state index >= 15 is 0 Å². The summed E-state index contributed by atoms with van der Waals surface area (Å²) in [4.78, 5) is 24.9. The summed E-state index contributed by atoms with van der Waals surface area (Å²) in [5, 5.41) is 8.99. The molecule has 2 fully saturated rings. The molecule has 1 saturated carbocycles. The van der Waals surface area contributed by atoms with E-state index in [0.29, 0.717) is 25.9 Å². The van der Waals surface area contributed by atoms with Gasteiger partial charge in [-0.3, -0.25) is 9.59 Å². The van der Waals surface area contributed by atoms with Crippen LogP contribution in [0.15, 0.2) is 0 Å². The molecule has 0 radical (unpaired) electrons. The Morgan fingerprint density at radius 2 is 1.75 bits per heavy atom. The van der Waals surface area contributed by atoms with Gasteiger partial charge in [0.2, 0.25) is 15.9 Å². The number of carbonyl (C=O) groups excluding carboxylic acids is 1. The highest BCUT2D eigenvalue weighted by Gasteiger charge is 2.44. The zero-order valence-electron chi connectivity index (χ0n) is 11.7. The van der Waals surface area contributed by atoms with E-state index in [4.69, 9.17) is 5.11 Å². The van der Waals surface area contributed by atoms with Crippen molar-refractivity contribution >= 4 is 21.9 Å². The first-order valence-corrected chi connectivity index (χ1v) is 8.55. The number of carboxylic acids is 1. The van der Waals surface area contributed by atoms with Crippen molar-refractivity contribution in [2.45, 2.75) is 25.8 Å². The molecule has 0 aromatic carbocycles. The molecular weight excluding hydrogens is 284 g/mol. The zero-order valence-corrected chi connectivity index (χ0v) is 12.5. The Labute approximate surface area is 118 Å². The van der Waals surface area contributed by atoms with Crippen molar-refractivity contribution in [1.82, 2.24) is 9.21 Å². The van der Waals surface area contributed by atoms with Crippen molar-refractivity contribution in [2.24, 2.45) is 11.8 Å². The van der Waals surface area contributed by atoms with Gasteiger partial charge in [-0.05, 0) is 19.8 Å². The summed E-state index contributed by atoms with van der Waals surface area (Å²) in [5.74, 6) is -2.09. The molecule has 0 aromatic rings. The Morgan fingerprint density at radius 1 is 1.15 bits per heavy atom. The highest BCUT2D eigenvalue weighted by molar-refractivity contribution is 7.88. The van der Waals surface area contributed by atoms with Gasteiger partial charge in [0.1, 0.15) is 0 Å². The Hall–Kier alpha value is -1.15. The van der Waals surface area contributed by atoms with Gasteiger partial charge >= 0.3 is 5.97 Å². The lowest BCUT2D eigenvalue weighted by Crippen LogP contribution is -2.57. The molecule has 1 N–H and O–H groups in total. The SMILES string of the molecule is C[C@H]1CN(C(=O)C2CCC2C(=O)O)CCN1S(C)(=O)=O. The molecule has 3 atom stereocenters. The smallest absolute Gasteiger partial charge is 0.307 e. The fourth-order valence-electron chi connectivity index (χ4n) is 2.96. The van der Waals surface area contributed by atoms with Crippen molar-refractivity contribution in [3.05, 3.63) is 0 Å². The maximum Gasteiger partial charge on any atom is 0.307 e. The largest absolute Gasteiger partial charge is 0.481 e. The average Bonchev–Trinajstić information content (AvgIpc) is 2.24. The van der Waals surface area contributed by atoms with E-state index in [2.05, 4.69) is 0 Å². The number of rotatable bonds is 3. The molecule has 2 aliphatic rings. The Balaban J connectivity index is 1.99. The summed E-state index contributed by atoms with van der Waals surface area (Å²) in [6.45, 7) is 2.69. The van der Waals surface area contributed by atoms with Crippen LogP contribution in [0.4, 0.5) is 0 Å². The lowest BCUT2D eigenvalue weighted by molar-refractivity contribution is -0.157. The van der Waals surface area contributed by atoms with Crippen LogP contribution in [-0.4, -0.2) is 66.5 Å². The third-order valence-electron chi connectivity index (χ3n) is 4.21. The van der Waals surface area contributed by atoms with Crippen LogP contribution in [0.1, 0.15) is 19.8 Å². The van der Waals surface area contributed by atoms with Crippen LogP contribution in [0.5, 0.6) is 0 Å². The topological polar surface area (TPSA) is 95.0 Å². The summed E-state index contributed by atoms with van der Waals surface area (Å²) < 4.78 is 24.5. The zero-order chi connectivity index (χ0) is 15.1. The molecule has 20 heavy (non-hydrogen) atoms. The Bertz CT molecular complexity index is 518. The lowest BCUT2D eigenvalue weighted by atomic mass is 9.73. The van der Waals surface area contributed by atoms with Gasteiger partial charge in [0, 0.05) is 25.7 Å². The minimum Gasteiger partial charge on any atom is -0.481 e. The number of aliphatic carboxylic acids is 1. The van der Waals surface area contributed by atoms with E-state index in [-0.39, 0.29) is 18.5 Å². The first kappa shape index (κ1) is 15.2. The monoisotopic (exact) mass is 304 g/mol. The number of piperazine rings is 1. The van der Waals surface area contributed by atoms with Crippen LogP contribution in [-0.2, 0) is 19.6 Å². The first-order chi connectivity index (χ1) is 9.21. The Morgan fingerprint density at radius 3 is 2.15 bits per heavy atom. The second-order valence-corrected chi connectivity index (χ2v) is 7.57. The highest BCUT2D eigenvalue weighted by atomic mass is 32.2. The van der Waals surface area contributed by atoms with Crippen molar-refractivity contribution in [3.8, 4) is 0 Å². The fourth-order valence-corrected chi connectivity index (χ4v) is 4.09. The molecule has 7 nitrogen and oxygen atoms in total. The molecule has 1 aliphatic carbocycles. The second-order valence-electron chi connectivity index (χ2n) is 5.64. The van der Waals surface area contributed by atoms with E-state index in [1.165, 1.54) is 4.31 Å². The molecule has 2 unspecified atom stereocenters. The molecule has 1 heterocycles. The molecule has 0 spiro atoms. The van der Waals surface area contributed by atoms with E-state index in [1.807, 2.05) is 0 Å². The maximum absolute atomic E-state index is 12.3. The minimum atomic E-state index is -3.26. The quantitative estimate of drug-likeness (QED) is 0.765. The van der Waals surface area contributed by atoms with E-state index in [9.17, 15) is 18.0 Å². The van der Waals surface area contributed by atoms with Gasteiger partial charge in [-0.1, -0.05) is 0 Å². The van der Waals surface area contributed by atoms with Crippen LogP contribution in [0.3, 0.4) is 0 Å². The number of carbonyl (C=O) groups is 2. The summed E-state index contributed by atoms with van der Waals surface area (Å²) >= 11 is 0. The van der Waals surface area contributed by atoms with Gasteiger partial charge in [0.15, 0.2) is 0 Å². The van der Waals surface area contributed by atoms with Crippen molar-refractivity contribution in [2.75, 3.05) is 25.9 Å². The van der Waals surface area contributed by atoms with Crippen LogP contribution in [0.25, 0.3) is 0 Å². The number of hydrogen-bond acceptors (Lipinski definition) is 4. The standard InChI is InChI=1S/C12H20N2O5S/c1-8-7-13(5-6-14(8)20(2,18)19)11(15)9-3-4-10(9)12(16)17/h8-10H,3-7H2,1-2H3,(H,16,17)/t8-,9?,10?/m0/s1. The number of carboxylic acid groups (broad SMARTS) is 1. The van der Waals surface area contributed by atoms with E-state index in [0.717, 1.165) is 6.26 Å². The van der Waals surface area contributed by atoms with Crippen molar-refractivity contribution in [1.29, 1.82) is 0 Å². The van der Waals surface area contributed by atoms with Gasteiger partial charge in [-0.15, -0.1) is 0 Å². The minimum absolute atomic E-state index is 0.149. The van der Waals surface area contributed by atoms with Gasteiger partial charge in [-0.2, -0.15) is 4.31 Å². The molecule has 0 bridgehead atoms. The van der Waals surface area contributed by atoms with Gasteiger partial charge in [-0.25, -0.2) is 8.42 Å². The number of nitrogens with zero attached hydrogens (tertiary/aromatic N) is 2. The van der Waals surface area contributed by atoms with Crippen LogP contribution in [0.2, 0.25) is 0 Å². The molecule has 2 rings (SSSR count). The average molecular weight is 304 g/mol. The summed E-state index contributed by atoms with van der Waals surface area (Å²) in [6, 6.07) is -0.272. The van der Waals surface area contributed by atoms with Gasteiger partial charge in [0.25, 0.3) is 0 Å². The van der Waals surface area contributed by atoms with Crippen LogP contribution >= 0.6 is 0 Å². The molecule has 8 heteroatoms. The van der Waals surface area contributed by atoms with Crippen molar-refractivity contribution < 1.29 is 23.1 Å². The van der Waals surface area contributed by atoms with E-state index < -0.39 is 27.8 Å². The summed E-state index contributed by atoms with van der Waals surface area (Å²) in [6.07, 6.45) is 2.31. The third kappa shape index (κ3) is 2.80. The van der Waals surface area contributed by atoms with Crippen LogP contribution in [0, 0.1) is 11.8 Å². The van der Waals surface area contributed by atoms with E-state index in [1.54, 1.807) is 11.8 Å². The van der Waals surface area contributed by atoms with Crippen LogP contribution < -0.4 is 0 Å². The molecule has 1 amide bonds. The number of amides is 1. The summed E-state index contributed by atoms with van der Waals surface area (Å²) in [5.41, 5.74) is 0. The number of hydrogen-bond donors (Lipinski definition) is 1. The second kappa shape index (κ2) is 5.33. The predicted octanol–water partition coefficient (Wildman–Crippen LogP) is -0.410. The molecule has 1 aliphatic heterocycles. The predicted molar refractivity (Wildman–Crippen MR) is 71.4 cm³/mol. The third-order valence-corrected chi connectivity index (χ3v) is 5.61. The van der Waals surface area contributed by atoms with Gasteiger partial charge < -0.3 is 10.0 Å². The molecule has 114 valence electrons. The first-order valence-electron chi connectivity index (χ1n) is 6.70. The molecule has 1 saturated heterocycles. The highest BCUT2D eigenvalue weighted by Crippen LogP contribution is 2.36. The Kier molecular flexibility index (Phi) is 4.06. The summed E-state index contributed by atoms with van der Waals surface area (Å²) in [7, 11) is -3.26.